The molecule has 8 heteroatoms. The van der Waals surface area contributed by atoms with Crippen LogP contribution in [0.15, 0.2) is 65.7 Å². The Balaban J connectivity index is 1.41. The number of esters is 1. The summed E-state index contributed by atoms with van der Waals surface area (Å²) in [6.07, 6.45) is 9.35. The lowest BCUT2D eigenvalue weighted by Crippen LogP contribution is -2.31. The van der Waals surface area contributed by atoms with E-state index in [1.807, 2.05) is 12.1 Å². The molecule has 4 rings (SSSR count). The Kier molecular flexibility index (Phi) is 8.25. The molecule has 0 atom stereocenters. The van der Waals surface area contributed by atoms with Gasteiger partial charge in [-0.05, 0) is 87.3 Å². The van der Waals surface area contributed by atoms with Gasteiger partial charge in [-0.1, -0.05) is 18.6 Å². The summed E-state index contributed by atoms with van der Waals surface area (Å²) in [5, 5.41) is 0.802. The van der Waals surface area contributed by atoms with Crippen molar-refractivity contribution in [1.82, 2.24) is 8.87 Å². The van der Waals surface area contributed by atoms with Crippen molar-refractivity contribution in [2.45, 2.75) is 37.5 Å². The number of ether oxygens (including phenoxy) is 2. The minimum Gasteiger partial charge on any atom is -0.494 e. The molecule has 0 amide bonds. The monoisotopic (exact) mass is 496 g/mol. The minimum atomic E-state index is -3.77. The standard InChI is InChI=1S/C27H32N2O5S/c1-2-33-27(30)14-9-22-7-11-25(12-8-22)35(31,32)29-19-15-23-21-24(10-13-26(23)29)34-20-6-18-28-16-4-3-5-17-28/h7-15,19,21H,2-6,16-18,20H2,1H3/b14-9+. The molecule has 186 valence electrons. The maximum absolute atomic E-state index is 13.3. The lowest BCUT2D eigenvalue weighted by atomic mass is 10.1. The Morgan fingerprint density at radius 3 is 2.54 bits per heavy atom. The van der Waals surface area contributed by atoms with E-state index in [0.717, 1.165) is 24.1 Å². The quantitative estimate of drug-likeness (QED) is 0.230. The fraction of sp³-hybridized carbons (Fsp3) is 0.370. The first-order valence-corrected chi connectivity index (χ1v) is 13.6. The van der Waals surface area contributed by atoms with Crippen LogP contribution in [-0.4, -0.2) is 56.1 Å². The van der Waals surface area contributed by atoms with Crippen molar-refractivity contribution in [2.24, 2.45) is 0 Å². The first kappa shape index (κ1) is 25.0. The van der Waals surface area contributed by atoms with Gasteiger partial charge in [0.25, 0.3) is 10.0 Å². The fourth-order valence-electron chi connectivity index (χ4n) is 4.27. The van der Waals surface area contributed by atoms with Gasteiger partial charge >= 0.3 is 5.97 Å². The third-order valence-electron chi connectivity index (χ3n) is 6.10. The topological polar surface area (TPSA) is 77.8 Å². The average Bonchev–Trinajstić information content (AvgIpc) is 3.31. The Morgan fingerprint density at radius 2 is 1.80 bits per heavy atom. The fourth-order valence-corrected chi connectivity index (χ4v) is 5.63. The molecule has 1 saturated heterocycles. The molecule has 3 aromatic rings. The van der Waals surface area contributed by atoms with Gasteiger partial charge in [0, 0.05) is 24.2 Å². The van der Waals surface area contributed by atoms with Gasteiger partial charge in [0.15, 0.2) is 0 Å². The number of piperidine rings is 1. The number of likely N-dealkylation sites (tertiary alicyclic amines) is 1. The van der Waals surface area contributed by atoms with Crippen LogP contribution in [0.4, 0.5) is 0 Å². The summed E-state index contributed by atoms with van der Waals surface area (Å²) in [5.41, 5.74) is 1.30. The Labute approximate surface area is 207 Å². The normalized spacial score (nSPS) is 15.0. The van der Waals surface area contributed by atoms with Crippen LogP contribution in [0.3, 0.4) is 0 Å². The van der Waals surface area contributed by atoms with Crippen molar-refractivity contribution >= 4 is 33.0 Å². The van der Waals surface area contributed by atoms with Crippen LogP contribution in [0.2, 0.25) is 0 Å². The molecule has 35 heavy (non-hydrogen) atoms. The zero-order chi connectivity index (χ0) is 24.7. The highest BCUT2D eigenvalue weighted by Gasteiger charge is 2.19. The van der Waals surface area contributed by atoms with Gasteiger partial charge in [0.2, 0.25) is 0 Å². The van der Waals surface area contributed by atoms with E-state index in [-0.39, 0.29) is 4.90 Å². The summed E-state index contributed by atoms with van der Waals surface area (Å²) in [4.78, 5) is 14.1. The van der Waals surface area contributed by atoms with Crippen LogP contribution in [0, 0.1) is 0 Å². The van der Waals surface area contributed by atoms with Gasteiger partial charge in [0.05, 0.1) is 23.6 Å². The molecule has 0 radical (unpaired) electrons. The van der Waals surface area contributed by atoms with E-state index in [1.165, 1.54) is 54.5 Å². The van der Waals surface area contributed by atoms with Crippen LogP contribution >= 0.6 is 0 Å². The second-order valence-corrected chi connectivity index (χ2v) is 10.4. The highest BCUT2D eigenvalue weighted by Crippen LogP contribution is 2.26. The first-order valence-electron chi connectivity index (χ1n) is 12.1. The minimum absolute atomic E-state index is 0.168. The van der Waals surface area contributed by atoms with Crippen molar-refractivity contribution in [3.63, 3.8) is 0 Å². The first-order chi connectivity index (χ1) is 17.0. The highest BCUT2D eigenvalue weighted by molar-refractivity contribution is 7.90. The van der Waals surface area contributed by atoms with Crippen molar-refractivity contribution in [1.29, 1.82) is 0 Å². The number of fused-ring (bicyclic) bond motifs is 1. The molecule has 0 unspecified atom stereocenters. The van der Waals surface area contributed by atoms with Crippen molar-refractivity contribution < 1.29 is 22.7 Å². The number of hydrogen-bond acceptors (Lipinski definition) is 6. The maximum atomic E-state index is 13.3. The van der Waals surface area contributed by atoms with E-state index in [0.29, 0.717) is 24.3 Å². The Morgan fingerprint density at radius 1 is 1.03 bits per heavy atom. The number of rotatable bonds is 10. The van der Waals surface area contributed by atoms with E-state index in [2.05, 4.69) is 4.90 Å². The zero-order valence-electron chi connectivity index (χ0n) is 20.1. The third-order valence-corrected chi connectivity index (χ3v) is 7.80. The molecule has 1 aromatic heterocycles. The number of carbonyl (C=O) groups is 1. The molecule has 0 spiro atoms. The highest BCUT2D eigenvalue weighted by atomic mass is 32.2. The van der Waals surface area contributed by atoms with Crippen LogP contribution in [0.25, 0.3) is 17.0 Å². The second kappa shape index (κ2) is 11.6. The molecule has 0 N–H and O–H groups in total. The van der Waals surface area contributed by atoms with Crippen LogP contribution in [-0.2, 0) is 19.6 Å². The molecule has 1 aliphatic rings. The number of aromatic nitrogens is 1. The molecular weight excluding hydrogens is 464 g/mol. The summed E-state index contributed by atoms with van der Waals surface area (Å²) in [6.45, 7) is 6.09. The number of nitrogens with zero attached hydrogens (tertiary/aromatic N) is 2. The van der Waals surface area contributed by atoms with E-state index in [4.69, 9.17) is 9.47 Å². The van der Waals surface area contributed by atoms with Gasteiger partial charge in [-0.2, -0.15) is 0 Å². The second-order valence-electron chi connectivity index (χ2n) is 8.60. The van der Waals surface area contributed by atoms with Crippen molar-refractivity contribution in [3.05, 3.63) is 66.4 Å². The number of carbonyl (C=O) groups excluding carboxylic acids is 1. The molecule has 7 nitrogen and oxygen atoms in total. The molecule has 1 fully saturated rings. The summed E-state index contributed by atoms with van der Waals surface area (Å²) in [5.74, 6) is 0.303. The lowest BCUT2D eigenvalue weighted by molar-refractivity contribution is -0.137. The molecule has 2 heterocycles. The van der Waals surface area contributed by atoms with E-state index < -0.39 is 16.0 Å². The third kappa shape index (κ3) is 6.32. The number of benzene rings is 2. The van der Waals surface area contributed by atoms with Gasteiger partial charge < -0.3 is 14.4 Å². The van der Waals surface area contributed by atoms with Gasteiger partial charge in [-0.25, -0.2) is 17.2 Å². The average molecular weight is 497 g/mol. The Hall–Kier alpha value is -3.10. The molecule has 2 aromatic carbocycles. The van der Waals surface area contributed by atoms with Crippen molar-refractivity contribution in [3.8, 4) is 5.75 Å². The van der Waals surface area contributed by atoms with Crippen LogP contribution in [0.5, 0.6) is 5.75 Å². The SMILES string of the molecule is CCOC(=O)/C=C/c1ccc(S(=O)(=O)n2ccc3cc(OCCCN4CCCCC4)ccc32)cc1. The van der Waals surface area contributed by atoms with Gasteiger partial charge in [0.1, 0.15) is 5.75 Å². The molecule has 0 aliphatic carbocycles. The van der Waals surface area contributed by atoms with Gasteiger partial charge in [-0.15, -0.1) is 0 Å². The molecule has 0 bridgehead atoms. The van der Waals surface area contributed by atoms with E-state index in [1.54, 1.807) is 43.5 Å². The number of hydrogen-bond donors (Lipinski definition) is 0. The lowest BCUT2D eigenvalue weighted by Gasteiger charge is -2.26. The summed E-state index contributed by atoms with van der Waals surface area (Å²) >= 11 is 0. The van der Waals surface area contributed by atoms with E-state index >= 15 is 0 Å². The summed E-state index contributed by atoms with van der Waals surface area (Å²) in [7, 11) is -3.77. The van der Waals surface area contributed by atoms with Gasteiger partial charge in [-0.3, -0.25) is 0 Å². The smallest absolute Gasteiger partial charge is 0.330 e. The van der Waals surface area contributed by atoms with Crippen molar-refractivity contribution in [2.75, 3.05) is 32.8 Å². The zero-order valence-corrected chi connectivity index (χ0v) is 20.9. The predicted octanol–water partition coefficient (Wildman–Crippen LogP) is 4.71. The Bertz CT molecular complexity index is 1270. The van der Waals surface area contributed by atoms with Crippen LogP contribution < -0.4 is 4.74 Å². The molecule has 0 saturated carbocycles. The molecule has 1 aliphatic heterocycles. The maximum Gasteiger partial charge on any atom is 0.330 e. The summed E-state index contributed by atoms with van der Waals surface area (Å²) < 4.78 is 38.6. The summed E-state index contributed by atoms with van der Waals surface area (Å²) in [6, 6.07) is 13.6. The largest absolute Gasteiger partial charge is 0.494 e. The molecular formula is C27H32N2O5S. The van der Waals surface area contributed by atoms with Crippen LogP contribution in [0.1, 0.15) is 38.2 Å². The predicted molar refractivity (Wildman–Crippen MR) is 137 cm³/mol. The van der Waals surface area contributed by atoms with E-state index in [9.17, 15) is 13.2 Å².